The first-order chi connectivity index (χ1) is 8.45. The quantitative estimate of drug-likeness (QED) is 0.816. The second-order valence-corrected chi connectivity index (χ2v) is 4.41. The number of carboxylic acids is 1. The molecule has 100 valence electrons. The maximum Gasteiger partial charge on any atom is 0.320 e. The number of hydrogen-bond acceptors (Lipinski definition) is 3. The summed E-state index contributed by atoms with van der Waals surface area (Å²) < 4.78 is 18.2. The van der Waals surface area contributed by atoms with Crippen molar-refractivity contribution in [3.8, 4) is 5.75 Å². The monoisotopic (exact) mass is 255 g/mol. The lowest BCUT2D eigenvalue weighted by Crippen LogP contribution is -2.40. The normalized spacial score (nSPS) is 12.5. The molecule has 1 unspecified atom stereocenters. The Morgan fingerprint density at radius 2 is 2.17 bits per heavy atom. The van der Waals surface area contributed by atoms with Gasteiger partial charge in [-0.1, -0.05) is 19.9 Å². The van der Waals surface area contributed by atoms with E-state index in [1.807, 2.05) is 13.8 Å². The van der Waals surface area contributed by atoms with Crippen LogP contribution in [0.2, 0.25) is 0 Å². The van der Waals surface area contributed by atoms with Gasteiger partial charge in [-0.2, -0.15) is 0 Å². The smallest absolute Gasteiger partial charge is 0.320 e. The Bertz CT molecular complexity index is 421. The Hall–Kier alpha value is -1.62. The molecular formula is C13H18FNO3. The fourth-order valence-corrected chi connectivity index (χ4v) is 1.66. The summed E-state index contributed by atoms with van der Waals surface area (Å²) in [6, 6.07) is 3.92. The number of carboxylic acid groups (broad SMARTS) is 1. The van der Waals surface area contributed by atoms with Crippen LogP contribution < -0.4 is 10.1 Å². The number of carbonyl (C=O) groups is 1. The molecule has 0 aromatic heterocycles. The summed E-state index contributed by atoms with van der Waals surface area (Å²) in [6.45, 7) is 3.94. The molecule has 0 aliphatic carbocycles. The molecule has 0 saturated heterocycles. The molecule has 4 nitrogen and oxygen atoms in total. The zero-order valence-corrected chi connectivity index (χ0v) is 10.7. The van der Waals surface area contributed by atoms with Gasteiger partial charge in [0.25, 0.3) is 0 Å². The average molecular weight is 255 g/mol. The van der Waals surface area contributed by atoms with Gasteiger partial charge < -0.3 is 15.2 Å². The Morgan fingerprint density at radius 3 is 2.61 bits per heavy atom. The van der Waals surface area contributed by atoms with E-state index in [1.54, 1.807) is 6.07 Å². The molecular weight excluding hydrogens is 237 g/mol. The standard InChI is InChI=1S/C13H18FNO3/c1-8(2)12(13(16)17)15-7-9-4-5-11(18-3)10(14)6-9/h4-6,8,12,15H,7H2,1-3H3,(H,16,17). The van der Waals surface area contributed by atoms with Gasteiger partial charge in [0.05, 0.1) is 7.11 Å². The number of hydrogen-bond donors (Lipinski definition) is 2. The number of methoxy groups -OCH3 is 1. The highest BCUT2D eigenvalue weighted by atomic mass is 19.1. The Morgan fingerprint density at radius 1 is 1.50 bits per heavy atom. The molecule has 0 bridgehead atoms. The zero-order valence-electron chi connectivity index (χ0n) is 10.7. The highest BCUT2D eigenvalue weighted by Gasteiger charge is 2.20. The van der Waals surface area contributed by atoms with Crippen LogP contribution >= 0.6 is 0 Å². The van der Waals surface area contributed by atoms with Gasteiger partial charge in [-0.25, -0.2) is 4.39 Å². The number of ether oxygens (including phenoxy) is 1. The molecule has 1 aromatic carbocycles. The van der Waals surface area contributed by atoms with Crippen LogP contribution in [0, 0.1) is 11.7 Å². The Kier molecular flexibility index (Phi) is 5.09. The van der Waals surface area contributed by atoms with Crippen molar-refractivity contribution in [2.75, 3.05) is 7.11 Å². The molecule has 0 aliphatic heterocycles. The highest BCUT2D eigenvalue weighted by Crippen LogP contribution is 2.17. The van der Waals surface area contributed by atoms with Gasteiger partial charge in [-0.05, 0) is 23.6 Å². The van der Waals surface area contributed by atoms with Gasteiger partial charge in [-0.15, -0.1) is 0 Å². The zero-order chi connectivity index (χ0) is 13.7. The van der Waals surface area contributed by atoms with Crippen molar-refractivity contribution in [3.63, 3.8) is 0 Å². The van der Waals surface area contributed by atoms with Gasteiger partial charge in [-0.3, -0.25) is 4.79 Å². The average Bonchev–Trinajstić information content (AvgIpc) is 2.28. The Labute approximate surface area is 106 Å². The number of nitrogens with one attached hydrogen (secondary N) is 1. The highest BCUT2D eigenvalue weighted by molar-refractivity contribution is 5.73. The fourth-order valence-electron chi connectivity index (χ4n) is 1.66. The van der Waals surface area contributed by atoms with Crippen molar-refractivity contribution < 1.29 is 19.0 Å². The molecule has 0 aliphatic rings. The first-order valence-corrected chi connectivity index (χ1v) is 5.74. The van der Waals surface area contributed by atoms with Crippen molar-refractivity contribution in [1.29, 1.82) is 0 Å². The van der Waals surface area contributed by atoms with E-state index in [9.17, 15) is 9.18 Å². The van der Waals surface area contributed by atoms with E-state index >= 15 is 0 Å². The van der Waals surface area contributed by atoms with Crippen LogP contribution in [-0.2, 0) is 11.3 Å². The van der Waals surface area contributed by atoms with E-state index in [0.717, 1.165) is 0 Å². The lowest BCUT2D eigenvalue weighted by atomic mass is 10.0. The molecule has 0 heterocycles. The lowest BCUT2D eigenvalue weighted by Gasteiger charge is -2.18. The minimum absolute atomic E-state index is 0.0365. The maximum atomic E-state index is 13.4. The third-order valence-electron chi connectivity index (χ3n) is 2.68. The minimum Gasteiger partial charge on any atom is -0.494 e. The summed E-state index contributed by atoms with van der Waals surface area (Å²) in [6.07, 6.45) is 0. The molecule has 1 atom stereocenters. The molecule has 0 fully saturated rings. The fraction of sp³-hybridized carbons (Fsp3) is 0.462. The van der Waals surface area contributed by atoms with Gasteiger partial charge in [0.1, 0.15) is 6.04 Å². The second kappa shape index (κ2) is 6.35. The minimum atomic E-state index is -0.904. The lowest BCUT2D eigenvalue weighted by molar-refractivity contribution is -0.140. The summed E-state index contributed by atoms with van der Waals surface area (Å²) in [5.41, 5.74) is 0.681. The molecule has 1 aromatic rings. The maximum absolute atomic E-state index is 13.4. The van der Waals surface area contributed by atoms with Crippen LogP contribution in [-0.4, -0.2) is 24.2 Å². The van der Waals surface area contributed by atoms with E-state index in [4.69, 9.17) is 9.84 Å². The van der Waals surface area contributed by atoms with E-state index in [1.165, 1.54) is 19.2 Å². The topological polar surface area (TPSA) is 58.6 Å². The summed E-state index contributed by atoms with van der Waals surface area (Å²) in [5.74, 6) is -1.21. The molecule has 0 spiro atoms. The molecule has 2 N–H and O–H groups in total. The predicted molar refractivity (Wildman–Crippen MR) is 66.1 cm³/mol. The number of rotatable bonds is 6. The molecule has 0 radical (unpaired) electrons. The van der Waals surface area contributed by atoms with E-state index in [0.29, 0.717) is 12.1 Å². The molecule has 18 heavy (non-hydrogen) atoms. The van der Waals surface area contributed by atoms with Crippen LogP contribution in [0.1, 0.15) is 19.4 Å². The van der Waals surface area contributed by atoms with Crippen LogP contribution in [0.25, 0.3) is 0 Å². The summed E-state index contributed by atoms with van der Waals surface area (Å²) >= 11 is 0. The third-order valence-corrected chi connectivity index (χ3v) is 2.68. The summed E-state index contributed by atoms with van der Waals surface area (Å²) in [4.78, 5) is 11.0. The van der Waals surface area contributed by atoms with Crippen molar-refractivity contribution in [2.24, 2.45) is 5.92 Å². The van der Waals surface area contributed by atoms with Gasteiger partial charge >= 0.3 is 5.97 Å². The predicted octanol–water partition coefficient (Wildman–Crippen LogP) is 2.03. The van der Waals surface area contributed by atoms with E-state index in [2.05, 4.69) is 5.32 Å². The van der Waals surface area contributed by atoms with Crippen molar-refractivity contribution in [2.45, 2.75) is 26.4 Å². The van der Waals surface area contributed by atoms with Crippen LogP contribution in [0.5, 0.6) is 5.75 Å². The van der Waals surface area contributed by atoms with E-state index in [-0.39, 0.29) is 11.7 Å². The van der Waals surface area contributed by atoms with Crippen LogP contribution in [0.4, 0.5) is 4.39 Å². The number of aliphatic carboxylic acids is 1. The Balaban J connectivity index is 2.68. The first-order valence-electron chi connectivity index (χ1n) is 5.74. The summed E-state index contributed by atoms with van der Waals surface area (Å²) in [5, 5.41) is 11.9. The molecule has 1 rings (SSSR count). The number of halogens is 1. The van der Waals surface area contributed by atoms with Crippen LogP contribution in [0.15, 0.2) is 18.2 Å². The van der Waals surface area contributed by atoms with Crippen LogP contribution in [0.3, 0.4) is 0 Å². The third kappa shape index (κ3) is 3.70. The largest absolute Gasteiger partial charge is 0.494 e. The molecule has 0 amide bonds. The van der Waals surface area contributed by atoms with Gasteiger partial charge in [0.2, 0.25) is 0 Å². The van der Waals surface area contributed by atoms with Gasteiger partial charge in [0.15, 0.2) is 11.6 Å². The van der Waals surface area contributed by atoms with Gasteiger partial charge in [0, 0.05) is 6.54 Å². The van der Waals surface area contributed by atoms with E-state index < -0.39 is 17.8 Å². The van der Waals surface area contributed by atoms with Crippen molar-refractivity contribution in [3.05, 3.63) is 29.6 Å². The summed E-state index contributed by atoms with van der Waals surface area (Å²) in [7, 11) is 1.40. The van der Waals surface area contributed by atoms with Crippen molar-refractivity contribution >= 4 is 5.97 Å². The molecule has 5 heteroatoms. The first kappa shape index (κ1) is 14.4. The SMILES string of the molecule is COc1ccc(CNC(C(=O)O)C(C)C)cc1F. The number of benzene rings is 1. The van der Waals surface area contributed by atoms with Crippen molar-refractivity contribution in [1.82, 2.24) is 5.32 Å². The molecule has 0 saturated carbocycles. The second-order valence-electron chi connectivity index (χ2n) is 4.41.